The van der Waals surface area contributed by atoms with Crippen LogP contribution in [0, 0.1) is 12.3 Å². The highest BCUT2D eigenvalue weighted by molar-refractivity contribution is 5.98. The Kier molecular flexibility index (Phi) is 9.04. The van der Waals surface area contributed by atoms with Crippen molar-refractivity contribution >= 4 is 29.5 Å². The molecule has 2 saturated heterocycles. The van der Waals surface area contributed by atoms with Crippen molar-refractivity contribution in [2.75, 3.05) is 39.3 Å². The minimum absolute atomic E-state index is 0.00760. The van der Waals surface area contributed by atoms with E-state index in [1.807, 2.05) is 26.0 Å². The number of carboxylic acids is 1. The highest BCUT2D eigenvalue weighted by Gasteiger charge is 2.59. The topological polar surface area (TPSA) is 181 Å². The maximum atomic E-state index is 13.7. The monoisotopic (exact) mass is 563 g/mol. The van der Waals surface area contributed by atoms with E-state index in [4.69, 9.17) is 11.1 Å². The zero-order valence-corrected chi connectivity index (χ0v) is 23.3. The molecule has 4 rings (SSSR count). The molecule has 2 aromatic rings. The fourth-order valence-electron chi connectivity index (χ4n) is 5.88. The molecule has 41 heavy (non-hydrogen) atoms. The molecule has 0 spiro atoms. The first-order chi connectivity index (χ1) is 19.6. The van der Waals surface area contributed by atoms with E-state index in [0.29, 0.717) is 24.2 Å². The van der Waals surface area contributed by atoms with E-state index in [1.165, 1.54) is 21.9 Å². The number of aliphatic carboxylic acids is 1. The number of hydrogen-bond donors (Lipinski definition) is 6. The number of nitrogens with two attached hydrogens (primary N) is 1. The summed E-state index contributed by atoms with van der Waals surface area (Å²) in [4.78, 5) is 56.8. The molecule has 3 amide bonds. The number of piperazine rings is 2. The molecule has 0 aliphatic carbocycles. The molecule has 0 saturated carbocycles. The lowest BCUT2D eigenvalue weighted by Gasteiger charge is -2.55. The lowest BCUT2D eigenvalue weighted by atomic mass is 9.72. The Balaban J connectivity index is 1.94. The molecule has 2 aromatic carbocycles. The van der Waals surface area contributed by atoms with Crippen LogP contribution >= 0.6 is 0 Å². The van der Waals surface area contributed by atoms with Crippen molar-refractivity contribution in [3.8, 4) is 0 Å². The minimum Gasteiger partial charge on any atom is -0.480 e. The van der Waals surface area contributed by atoms with Gasteiger partial charge >= 0.3 is 5.97 Å². The zero-order chi connectivity index (χ0) is 29.7. The first-order valence-corrected chi connectivity index (χ1v) is 13.7. The molecule has 12 nitrogen and oxygen atoms in total. The van der Waals surface area contributed by atoms with E-state index in [2.05, 4.69) is 16.0 Å². The Bertz CT molecular complexity index is 1310. The molecular formula is C29H37N7O5. The van der Waals surface area contributed by atoms with Crippen LogP contribution in [0.3, 0.4) is 0 Å². The Morgan fingerprint density at radius 1 is 1.00 bits per heavy atom. The van der Waals surface area contributed by atoms with Crippen LogP contribution in [0.25, 0.3) is 0 Å². The number of benzene rings is 2. The summed E-state index contributed by atoms with van der Waals surface area (Å²) in [7, 11) is 0. The Morgan fingerprint density at radius 2 is 1.59 bits per heavy atom. The number of carbonyl (C=O) groups excluding carboxylic acids is 3. The van der Waals surface area contributed by atoms with Crippen molar-refractivity contribution in [2.45, 2.75) is 37.9 Å². The molecule has 12 heteroatoms. The van der Waals surface area contributed by atoms with Crippen LogP contribution in [0.15, 0.2) is 48.5 Å². The average molecular weight is 564 g/mol. The number of carbonyl (C=O) groups is 4. The van der Waals surface area contributed by atoms with Crippen molar-refractivity contribution in [1.29, 1.82) is 5.41 Å². The van der Waals surface area contributed by atoms with E-state index in [0.717, 1.165) is 5.56 Å². The van der Waals surface area contributed by atoms with Gasteiger partial charge in [0, 0.05) is 37.3 Å². The third kappa shape index (κ3) is 5.79. The lowest BCUT2D eigenvalue weighted by Crippen LogP contribution is -2.75. The number of carboxylic acid groups (broad SMARTS) is 1. The molecular weight excluding hydrogens is 526 g/mol. The predicted molar refractivity (Wildman–Crippen MR) is 152 cm³/mol. The van der Waals surface area contributed by atoms with Gasteiger partial charge in [0.2, 0.25) is 11.8 Å². The number of hydrogen-bond acceptors (Lipinski definition) is 7. The van der Waals surface area contributed by atoms with Crippen LogP contribution in [0.1, 0.15) is 40.4 Å². The van der Waals surface area contributed by atoms with Gasteiger partial charge < -0.3 is 36.6 Å². The number of aryl methyl sites for hydroxylation is 1. The van der Waals surface area contributed by atoms with Gasteiger partial charge in [-0.3, -0.25) is 19.8 Å². The summed E-state index contributed by atoms with van der Waals surface area (Å²) in [5.41, 5.74) is 6.10. The van der Waals surface area contributed by atoms with E-state index >= 15 is 0 Å². The Morgan fingerprint density at radius 3 is 2.12 bits per heavy atom. The molecule has 2 heterocycles. The van der Waals surface area contributed by atoms with Crippen molar-refractivity contribution < 1.29 is 24.3 Å². The van der Waals surface area contributed by atoms with Gasteiger partial charge in [0.1, 0.15) is 11.4 Å². The molecule has 0 radical (unpaired) electrons. The van der Waals surface area contributed by atoms with E-state index in [1.54, 1.807) is 24.3 Å². The third-order valence-electron chi connectivity index (χ3n) is 7.84. The molecule has 2 aliphatic heterocycles. The second-order valence-electron chi connectivity index (χ2n) is 10.3. The summed E-state index contributed by atoms with van der Waals surface area (Å²) in [6.07, 6.45) is 0.256. The number of nitrogens with zero attached hydrogens (tertiary/aromatic N) is 2. The quantitative estimate of drug-likeness (QED) is 0.173. The van der Waals surface area contributed by atoms with Crippen LogP contribution in [0.5, 0.6) is 0 Å². The fourth-order valence-corrected chi connectivity index (χ4v) is 5.88. The molecule has 2 fully saturated rings. The molecule has 2 aliphatic rings. The van der Waals surface area contributed by atoms with E-state index in [9.17, 15) is 24.3 Å². The standard InChI is InChI=1S/C29H37N7O5/c1-3-22(34-27(39)20-8-6-19(7-9-20)26(30)31)29(21-10-4-18(2)5-11-21,36-15-13-33-17-24(36)38)25(28(40)41)35-14-12-32-16-23(35)37/h4-11,22,25,32-33H,3,12-17H2,1-2H3,(H3,30,31)(H,34,39)(H,40,41). The maximum absolute atomic E-state index is 13.7. The summed E-state index contributed by atoms with van der Waals surface area (Å²) >= 11 is 0. The third-order valence-corrected chi connectivity index (χ3v) is 7.84. The molecule has 7 N–H and O–H groups in total. The minimum atomic E-state index is -1.64. The van der Waals surface area contributed by atoms with Gasteiger partial charge in [0.05, 0.1) is 19.1 Å². The van der Waals surface area contributed by atoms with Crippen molar-refractivity contribution in [2.24, 2.45) is 5.73 Å². The van der Waals surface area contributed by atoms with Crippen molar-refractivity contribution in [3.63, 3.8) is 0 Å². The first-order valence-electron chi connectivity index (χ1n) is 13.7. The number of amidine groups is 1. The van der Waals surface area contributed by atoms with Crippen LogP contribution in [-0.4, -0.2) is 95.8 Å². The van der Waals surface area contributed by atoms with Gasteiger partial charge in [-0.25, -0.2) is 4.79 Å². The summed E-state index contributed by atoms with van der Waals surface area (Å²) in [5, 5.41) is 27.6. The van der Waals surface area contributed by atoms with E-state index in [-0.39, 0.29) is 49.9 Å². The second-order valence-corrected chi connectivity index (χ2v) is 10.3. The number of nitrogens with one attached hydrogen (secondary N) is 4. The normalized spacial score (nSPS) is 18.8. The molecule has 0 aromatic heterocycles. The van der Waals surface area contributed by atoms with Gasteiger partial charge in [-0.05, 0) is 31.0 Å². The highest BCUT2D eigenvalue weighted by atomic mass is 16.4. The predicted octanol–water partition coefficient (Wildman–Crippen LogP) is -0.000210. The second kappa shape index (κ2) is 12.5. The van der Waals surface area contributed by atoms with Gasteiger partial charge in [-0.1, -0.05) is 48.9 Å². The Hall–Kier alpha value is -4.29. The summed E-state index contributed by atoms with van der Waals surface area (Å²) in [5.74, 6) is -2.62. The number of amides is 3. The fraction of sp³-hybridized carbons (Fsp3) is 0.414. The molecule has 218 valence electrons. The van der Waals surface area contributed by atoms with Crippen LogP contribution < -0.4 is 21.7 Å². The largest absolute Gasteiger partial charge is 0.480 e. The summed E-state index contributed by atoms with van der Waals surface area (Å²) in [6, 6.07) is 11.0. The van der Waals surface area contributed by atoms with Gasteiger partial charge in [-0.2, -0.15) is 0 Å². The molecule has 3 atom stereocenters. The molecule has 3 unspecified atom stereocenters. The lowest BCUT2D eigenvalue weighted by molar-refractivity contribution is -0.167. The van der Waals surface area contributed by atoms with Crippen molar-refractivity contribution in [3.05, 3.63) is 70.8 Å². The van der Waals surface area contributed by atoms with Crippen LogP contribution in [-0.2, 0) is 19.9 Å². The van der Waals surface area contributed by atoms with Gasteiger partial charge in [-0.15, -0.1) is 0 Å². The summed E-state index contributed by atoms with van der Waals surface area (Å²) in [6.45, 7) is 4.79. The molecule has 0 bridgehead atoms. The van der Waals surface area contributed by atoms with Gasteiger partial charge in [0.25, 0.3) is 5.91 Å². The van der Waals surface area contributed by atoms with E-state index < -0.39 is 35.4 Å². The van der Waals surface area contributed by atoms with Crippen LogP contribution in [0.2, 0.25) is 0 Å². The smallest absolute Gasteiger partial charge is 0.329 e. The van der Waals surface area contributed by atoms with Crippen molar-refractivity contribution in [1.82, 2.24) is 25.8 Å². The average Bonchev–Trinajstić information content (AvgIpc) is 2.96. The Labute approximate surface area is 238 Å². The SMILES string of the molecule is CCC(NC(=O)c1ccc(C(=N)N)cc1)C(c1ccc(C)cc1)(C(C(=O)O)N1CCNCC1=O)N1CCNCC1=O. The number of rotatable bonds is 10. The zero-order valence-electron chi connectivity index (χ0n) is 23.3. The summed E-state index contributed by atoms with van der Waals surface area (Å²) < 4.78 is 0. The maximum Gasteiger partial charge on any atom is 0.329 e. The van der Waals surface area contributed by atoms with Gasteiger partial charge in [0.15, 0.2) is 6.04 Å². The first kappa shape index (κ1) is 29.7. The number of nitrogen functional groups attached to an aromatic ring is 1. The highest BCUT2D eigenvalue weighted by Crippen LogP contribution is 2.41. The van der Waals surface area contributed by atoms with Crippen LogP contribution in [0.4, 0.5) is 0 Å².